The van der Waals surface area contributed by atoms with Crippen LogP contribution in [0.4, 0.5) is 5.82 Å². The molecular formula is C13H21ClN2O. The first-order valence-corrected chi connectivity index (χ1v) is 6.52. The number of hydrogen-bond acceptors (Lipinski definition) is 3. The third kappa shape index (κ3) is 4.43. The number of nitrogens with one attached hydrogen (secondary N) is 1. The van der Waals surface area contributed by atoms with E-state index < -0.39 is 0 Å². The number of nitrogens with zero attached hydrogens (tertiary/aromatic N) is 1. The van der Waals surface area contributed by atoms with Crippen LogP contribution in [-0.4, -0.2) is 24.0 Å². The fourth-order valence-electron chi connectivity index (χ4n) is 1.77. The summed E-state index contributed by atoms with van der Waals surface area (Å²) in [5.41, 5.74) is 0. The molecule has 0 spiro atoms. The summed E-state index contributed by atoms with van der Waals surface area (Å²) >= 11 is 6.34. The molecule has 0 fully saturated rings. The number of aromatic nitrogens is 1. The molecule has 1 heterocycles. The van der Waals surface area contributed by atoms with E-state index in [2.05, 4.69) is 24.1 Å². The Kier molecular flexibility index (Phi) is 6.12. The Morgan fingerprint density at radius 3 is 2.53 bits per heavy atom. The second kappa shape index (κ2) is 7.38. The van der Waals surface area contributed by atoms with Crippen molar-refractivity contribution < 1.29 is 4.74 Å². The summed E-state index contributed by atoms with van der Waals surface area (Å²) in [6, 6.07) is 3.78. The van der Waals surface area contributed by atoms with Gasteiger partial charge >= 0.3 is 0 Å². The molecule has 0 bridgehead atoms. The third-order valence-electron chi connectivity index (χ3n) is 3.01. The lowest BCUT2D eigenvalue weighted by Crippen LogP contribution is -2.23. The van der Waals surface area contributed by atoms with Gasteiger partial charge in [0.15, 0.2) is 0 Å². The van der Waals surface area contributed by atoms with Crippen LogP contribution in [0.2, 0.25) is 0 Å². The molecule has 1 aromatic rings. The lowest BCUT2D eigenvalue weighted by Gasteiger charge is -2.19. The molecule has 0 saturated carbocycles. The van der Waals surface area contributed by atoms with E-state index in [9.17, 15) is 0 Å². The summed E-state index contributed by atoms with van der Waals surface area (Å²) in [6.07, 6.45) is 3.92. The maximum absolute atomic E-state index is 6.34. The topological polar surface area (TPSA) is 34.1 Å². The lowest BCUT2D eigenvalue weighted by atomic mass is 9.99. The number of alkyl halides is 1. The van der Waals surface area contributed by atoms with Crippen molar-refractivity contribution in [2.24, 2.45) is 5.92 Å². The molecule has 0 saturated heterocycles. The molecular weight excluding hydrogens is 236 g/mol. The van der Waals surface area contributed by atoms with E-state index >= 15 is 0 Å². The highest BCUT2D eigenvalue weighted by molar-refractivity contribution is 6.21. The van der Waals surface area contributed by atoms with Crippen molar-refractivity contribution in [3.63, 3.8) is 0 Å². The average molecular weight is 257 g/mol. The van der Waals surface area contributed by atoms with E-state index in [4.69, 9.17) is 16.3 Å². The van der Waals surface area contributed by atoms with Gasteiger partial charge in [-0.1, -0.05) is 26.7 Å². The van der Waals surface area contributed by atoms with Gasteiger partial charge in [0.05, 0.1) is 18.7 Å². The minimum absolute atomic E-state index is 0.147. The molecule has 0 aliphatic rings. The summed E-state index contributed by atoms with van der Waals surface area (Å²) < 4.78 is 5.05. The first-order valence-electron chi connectivity index (χ1n) is 6.09. The quantitative estimate of drug-likeness (QED) is 0.758. The molecule has 0 amide bonds. The summed E-state index contributed by atoms with van der Waals surface area (Å²) in [5, 5.41) is 3.39. The summed E-state index contributed by atoms with van der Waals surface area (Å²) in [5.74, 6) is 2.16. The molecule has 0 aromatic carbocycles. The molecule has 4 heteroatoms. The highest BCUT2D eigenvalue weighted by Crippen LogP contribution is 2.19. The van der Waals surface area contributed by atoms with Gasteiger partial charge in [0.2, 0.25) is 0 Å². The number of halogens is 1. The van der Waals surface area contributed by atoms with Gasteiger partial charge in [-0.15, -0.1) is 11.6 Å². The summed E-state index contributed by atoms with van der Waals surface area (Å²) in [7, 11) is 1.63. The number of ether oxygens (including phenoxy) is 1. The van der Waals surface area contributed by atoms with Crippen LogP contribution in [0, 0.1) is 5.92 Å². The number of rotatable bonds is 7. The molecule has 1 rings (SSSR count). The Balaban J connectivity index is 2.43. The Labute approximate surface area is 109 Å². The maximum atomic E-state index is 6.34. The molecule has 0 aliphatic heterocycles. The zero-order valence-corrected chi connectivity index (χ0v) is 11.5. The van der Waals surface area contributed by atoms with Crippen molar-refractivity contribution in [3.05, 3.63) is 18.3 Å². The Bertz CT molecular complexity index is 312. The number of methoxy groups -OCH3 is 1. The molecule has 1 aromatic heterocycles. The first kappa shape index (κ1) is 14.1. The van der Waals surface area contributed by atoms with Crippen LogP contribution in [0.1, 0.15) is 26.7 Å². The zero-order valence-electron chi connectivity index (χ0n) is 10.7. The van der Waals surface area contributed by atoms with E-state index in [1.165, 1.54) is 0 Å². The van der Waals surface area contributed by atoms with Gasteiger partial charge in [0, 0.05) is 6.54 Å². The molecule has 96 valence electrons. The fourth-order valence-corrected chi connectivity index (χ4v) is 2.21. The van der Waals surface area contributed by atoms with Gasteiger partial charge in [-0.05, 0) is 18.1 Å². The monoisotopic (exact) mass is 256 g/mol. The number of pyridine rings is 1. The van der Waals surface area contributed by atoms with Gasteiger partial charge in [-0.25, -0.2) is 4.98 Å². The normalized spacial score (nSPS) is 12.5. The molecule has 1 unspecified atom stereocenters. The van der Waals surface area contributed by atoms with E-state index in [0.717, 1.165) is 31.0 Å². The third-order valence-corrected chi connectivity index (χ3v) is 3.52. The van der Waals surface area contributed by atoms with Crippen LogP contribution in [0.25, 0.3) is 0 Å². The Morgan fingerprint density at radius 2 is 2.06 bits per heavy atom. The second-order valence-corrected chi connectivity index (χ2v) is 4.62. The Morgan fingerprint density at radius 1 is 1.35 bits per heavy atom. The van der Waals surface area contributed by atoms with E-state index in [1.807, 2.05) is 12.1 Å². The largest absolute Gasteiger partial charge is 0.495 e. The van der Waals surface area contributed by atoms with Crippen LogP contribution in [0.3, 0.4) is 0 Å². The predicted molar refractivity (Wildman–Crippen MR) is 73.0 cm³/mol. The van der Waals surface area contributed by atoms with Crippen molar-refractivity contribution in [1.29, 1.82) is 0 Å². The molecule has 1 atom stereocenters. The number of anilines is 1. The van der Waals surface area contributed by atoms with Crippen molar-refractivity contribution in [2.45, 2.75) is 32.1 Å². The minimum Gasteiger partial charge on any atom is -0.495 e. The maximum Gasteiger partial charge on any atom is 0.137 e. The van der Waals surface area contributed by atoms with Crippen molar-refractivity contribution in [1.82, 2.24) is 4.98 Å². The van der Waals surface area contributed by atoms with Crippen LogP contribution in [-0.2, 0) is 0 Å². The molecule has 0 aliphatic carbocycles. The fraction of sp³-hybridized carbons (Fsp3) is 0.615. The van der Waals surface area contributed by atoms with Crippen molar-refractivity contribution >= 4 is 17.4 Å². The molecule has 17 heavy (non-hydrogen) atoms. The van der Waals surface area contributed by atoms with Crippen molar-refractivity contribution in [3.8, 4) is 5.75 Å². The second-order valence-electron chi connectivity index (χ2n) is 4.06. The van der Waals surface area contributed by atoms with Crippen LogP contribution < -0.4 is 10.1 Å². The predicted octanol–water partition coefficient (Wildman–Crippen LogP) is 3.55. The van der Waals surface area contributed by atoms with Gasteiger partial charge in [-0.3, -0.25) is 0 Å². The van der Waals surface area contributed by atoms with Gasteiger partial charge in [0.25, 0.3) is 0 Å². The highest BCUT2D eigenvalue weighted by Gasteiger charge is 2.15. The average Bonchev–Trinajstić information content (AvgIpc) is 2.38. The minimum atomic E-state index is 0.147. The van der Waals surface area contributed by atoms with Gasteiger partial charge in [0.1, 0.15) is 11.6 Å². The highest BCUT2D eigenvalue weighted by atomic mass is 35.5. The Hall–Kier alpha value is -0.960. The summed E-state index contributed by atoms with van der Waals surface area (Å²) in [4.78, 5) is 4.24. The molecule has 1 N–H and O–H groups in total. The van der Waals surface area contributed by atoms with Crippen LogP contribution >= 0.6 is 11.6 Å². The van der Waals surface area contributed by atoms with E-state index in [0.29, 0.717) is 5.92 Å². The summed E-state index contributed by atoms with van der Waals surface area (Å²) in [6.45, 7) is 5.09. The van der Waals surface area contributed by atoms with E-state index in [1.54, 1.807) is 13.3 Å². The van der Waals surface area contributed by atoms with Crippen LogP contribution in [0.15, 0.2) is 18.3 Å². The first-order chi connectivity index (χ1) is 8.21. The lowest BCUT2D eigenvalue weighted by molar-refractivity contribution is 0.413. The molecule has 3 nitrogen and oxygen atoms in total. The molecule has 0 radical (unpaired) electrons. The standard InChI is InChI=1S/C13H21ClN2O/c1-4-10(5-2)12(14)9-16-13-7-6-11(17-3)8-15-13/h6-8,10,12H,4-5,9H2,1-3H3,(H,15,16). The van der Waals surface area contributed by atoms with Crippen LogP contribution in [0.5, 0.6) is 5.75 Å². The number of hydrogen-bond donors (Lipinski definition) is 1. The van der Waals surface area contributed by atoms with Gasteiger partial charge in [-0.2, -0.15) is 0 Å². The van der Waals surface area contributed by atoms with E-state index in [-0.39, 0.29) is 5.38 Å². The smallest absolute Gasteiger partial charge is 0.137 e. The zero-order chi connectivity index (χ0) is 12.7. The van der Waals surface area contributed by atoms with Crippen molar-refractivity contribution in [2.75, 3.05) is 19.0 Å². The SMILES string of the molecule is CCC(CC)C(Cl)CNc1ccc(OC)cn1. The van der Waals surface area contributed by atoms with Gasteiger partial charge < -0.3 is 10.1 Å².